The number of fused-ring (bicyclic) bond motifs is 3. The lowest BCUT2D eigenvalue weighted by Crippen LogP contribution is -1.78. The predicted molar refractivity (Wildman–Crippen MR) is 100 cm³/mol. The fraction of sp³-hybridized carbons (Fsp3) is 0. The Bertz CT molecular complexity index is 1040. The van der Waals surface area contributed by atoms with Crippen molar-refractivity contribution >= 4 is 65.4 Å². The van der Waals surface area contributed by atoms with Crippen LogP contribution < -0.4 is 0 Å². The van der Waals surface area contributed by atoms with Gasteiger partial charge in [0.2, 0.25) is 4.90 Å². The second-order valence-corrected chi connectivity index (χ2v) is 8.44. The molecule has 0 N–H and O–H groups in total. The summed E-state index contributed by atoms with van der Waals surface area (Å²) in [7, 11) is -0.644. The van der Waals surface area contributed by atoms with Crippen molar-refractivity contribution in [2.45, 2.75) is 0 Å². The fourth-order valence-electron chi connectivity index (χ4n) is 2.84. The first-order valence-corrected chi connectivity index (χ1v) is 9.30. The van der Waals surface area contributed by atoms with Crippen LogP contribution >= 0.6 is 45.3 Å². The molecule has 4 aromatic rings. The molecule has 0 aliphatic rings. The minimum atomic E-state index is -0.644. The monoisotopic (exact) mass is 399 g/mol. The third kappa shape index (κ3) is 2.47. The van der Waals surface area contributed by atoms with Crippen molar-refractivity contribution in [3.05, 3.63) is 75.2 Å². The van der Waals surface area contributed by atoms with Crippen LogP contribution in [0.2, 0.25) is 15.1 Å². The molecule has 1 heterocycles. The van der Waals surface area contributed by atoms with Gasteiger partial charge in [-0.2, -0.15) is 0 Å². The van der Waals surface area contributed by atoms with Crippen molar-refractivity contribution in [1.82, 2.24) is 0 Å². The molecule has 0 amide bonds. The van der Waals surface area contributed by atoms with Gasteiger partial charge in [0.15, 0.2) is 9.40 Å². The zero-order valence-corrected chi connectivity index (χ0v) is 15.0. The Balaban J connectivity index is 2.23. The number of halogens is 5. The minimum Gasteiger partial charge on any atom is -0.207 e. The van der Waals surface area contributed by atoms with Gasteiger partial charge in [-0.1, -0.05) is 34.8 Å². The highest BCUT2D eigenvalue weighted by molar-refractivity contribution is 7.51. The summed E-state index contributed by atoms with van der Waals surface area (Å²) in [6.45, 7) is 0. The summed E-state index contributed by atoms with van der Waals surface area (Å²) in [5.74, 6) is -0.745. The van der Waals surface area contributed by atoms with Crippen molar-refractivity contribution in [1.29, 1.82) is 0 Å². The van der Waals surface area contributed by atoms with Gasteiger partial charge in [-0.15, -0.1) is 0 Å². The van der Waals surface area contributed by atoms with Crippen LogP contribution in [-0.2, 0) is 0 Å². The average Bonchev–Trinajstić information content (AvgIpc) is 2.80. The highest BCUT2D eigenvalue weighted by Gasteiger charge is 2.29. The molecule has 6 heteroatoms. The van der Waals surface area contributed by atoms with E-state index in [4.69, 9.17) is 34.8 Å². The summed E-state index contributed by atoms with van der Waals surface area (Å²) in [5.41, 5.74) is 0. The molecule has 0 radical (unpaired) electrons. The van der Waals surface area contributed by atoms with Crippen molar-refractivity contribution in [2.24, 2.45) is 0 Å². The predicted octanol–water partition coefficient (Wildman–Crippen LogP) is 7.97. The summed E-state index contributed by atoms with van der Waals surface area (Å²) in [6.07, 6.45) is 0. The van der Waals surface area contributed by atoms with E-state index in [9.17, 15) is 8.78 Å². The standard InChI is InChI=1S/C18H8Cl3F2S/c19-9-5-14(20)18(15(21)6-9)24-16-3-1-10(22)7-12(16)13-8-11(23)2-4-17(13)24/h1-8H/q+1. The van der Waals surface area contributed by atoms with Crippen molar-refractivity contribution < 1.29 is 8.78 Å². The second-order valence-electron chi connectivity index (χ2n) is 5.29. The van der Waals surface area contributed by atoms with Crippen LogP contribution in [0.15, 0.2) is 48.5 Å². The van der Waals surface area contributed by atoms with Crippen LogP contribution in [0.4, 0.5) is 8.78 Å². The molecule has 120 valence electrons. The molecular weight excluding hydrogens is 393 g/mol. The summed E-state index contributed by atoms with van der Waals surface area (Å²) < 4.78 is 29.2. The number of hydrogen-bond acceptors (Lipinski definition) is 0. The van der Waals surface area contributed by atoms with Gasteiger partial charge in [0.25, 0.3) is 0 Å². The number of rotatable bonds is 1. The molecule has 3 aromatic carbocycles. The first kappa shape index (κ1) is 16.1. The van der Waals surface area contributed by atoms with Crippen LogP contribution in [0.1, 0.15) is 0 Å². The SMILES string of the molecule is Fc1ccc2c(c1)c1cc(F)ccc1[s+]2-c1c(Cl)cc(Cl)cc1Cl. The Morgan fingerprint density at radius 3 is 1.58 bits per heavy atom. The number of thiophene rings is 1. The van der Waals surface area contributed by atoms with Crippen LogP contribution in [-0.4, -0.2) is 0 Å². The molecule has 0 saturated carbocycles. The first-order chi connectivity index (χ1) is 11.5. The molecule has 0 fully saturated rings. The summed E-state index contributed by atoms with van der Waals surface area (Å²) >= 11 is 18.8. The van der Waals surface area contributed by atoms with E-state index in [0.29, 0.717) is 30.7 Å². The quantitative estimate of drug-likeness (QED) is 0.284. The summed E-state index contributed by atoms with van der Waals surface area (Å²) in [5, 5.41) is 2.63. The lowest BCUT2D eigenvalue weighted by atomic mass is 10.1. The largest absolute Gasteiger partial charge is 0.216 e. The van der Waals surface area contributed by atoms with Crippen LogP contribution in [0.5, 0.6) is 0 Å². The molecule has 0 unspecified atom stereocenters. The van der Waals surface area contributed by atoms with Gasteiger partial charge in [0.05, 0.1) is 10.8 Å². The summed E-state index contributed by atoms with van der Waals surface area (Å²) in [6, 6.07) is 12.3. The average molecular weight is 401 g/mol. The Morgan fingerprint density at radius 1 is 0.667 bits per heavy atom. The molecule has 0 aliphatic heterocycles. The van der Waals surface area contributed by atoms with Gasteiger partial charge >= 0.3 is 0 Å². The lowest BCUT2D eigenvalue weighted by Gasteiger charge is -2.01. The maximum atomic E-state index is 13.7. The van der Waals surface area contributed by atoms with E-state index < -0.39 is 10.5 Å². The smallest absolute Gasteiger partial charge is 0.207 e. The Labute approximate surface area is 154 Å². The van der Waals surface area contributed by atoms with E-state index >= 15 is 0 Å². The van der Waals surface area contributed by atoms with Gasteiger partial charge in [-0.05, 0) is 36.4 Å². The Hall–Kier alpha value is -1.39. The van der Waals surface area contributed by atoms with Gasteiger partial charge in [-0.25, -0.2) is 8.78 Å². The van der Waals surface area contributed by atoms with Crippen LogP contribution in [0, 0.1) is 11.6 Å². The fourth-order valence-corrected chi connectivity index (χ4v) is 6.49. The second kappa shape index (κ2) is 5.85. The van der Waals surface area contributed by atoms with E-state index in [1.807, 2.05) is 0 Å². The number of benzene rings is 3. The maximum Gasteiger partial charge on any atom is 0.216 e. The molecule has 4 rings (SSSR count). The molecule has 0 bridgehead atoms. The molecule has 24 heavy (non-hydrogen) atoms. The lowest BCUT2D eigenvalue weighted by molar-refractivity contribution is 0.628. The number of hydrogen-bond donors (Lipinski definition) is 0. The first-order valence-electron chi connectivity index (χ1n) is 6.94. The topological polar surface area (TPSA) is 0 Å². The van der Waals surface area contributed by atoms with Gasteiger partial charge in [0.1, 0.15) is 21.7 Å². The van der Waals surface area contributed by atoms with E-state index in [0.717, 1.165) is 9.40 Å². The maximum absolute atomic E-state index is 13.7. The summed E-state index contributed by atoms with van der Waals surface area (Å²) in [4.78, 5) is 0.709. The highest BCUT2D eigenvalue weighted by Crippen LogP contribution is 2.53. The van der Waals surface area contributed by atoms with E-state index in [1.54, 1.807) is 24.3 Å². The normalized spacial score (nSPS) is 11.5. The van der Waals surface area contributed by atoms with Crippen molar-refractivity contribution in [3.8, 4) is 4.90 Å². The molecule has 0 nitrogen and oxygen atoms in total. The van der Waals surface area contributed by atoms with E-state index in [-0.39, 0.29) is 11.6 Å². The van der Waals surface area contributed by atoms with Gasteiger partial charge < -0.3 is 0 Å². The minimum absolute atomic E-state index is 0.372. The molecule has 0 aliphatic carbocycles. The molecule has 1 aromatic heterocycles. The Kier molecular flexibility index (Phi) is 3.92. The van der Waals surface area contributed by atoms with E-state index in [1.165, 1.54) is 24.3 Å². The van der Waals surface area contributed by atoms with E-state index in [2.05, 4.69) is 0 Å². The Morgan fingerprint density at radius 2 is 1.12 bits per heavy atom. The molecule has 0 atom stereocenters. The molecule has 0 spiro atoms. The third-order valence-corrected chi connectivity index (χ3v) is 7.26. The van der Waals surface area contributed by atoms with Crippen molar-refractivity contribution in [2.75, 3.05) is 0 Å². The molecular formula is C18H8Cl3F2S+. The molecule has 0 saturated heterocycles. The highest BCUT2D eigenvalue weighted by atomic mass is 35.5. The third-order valence-electron chi connectivity index (χ3n) is 3.78. The zero-order valence-electron chi connectivity index (χ0n) is 11.9. The van der Waals surface area contributed by atoms with Crippen LogP contribution in [0.25, 0.3) is 25.1 Å². The van der Waals surface area contributed by atoms with Crippen molar-refractivity contribution in [3.63, 3.8) is 0 Å². The van der Waals surface area contributed by atoms with Gasteiger partial charge in [-0.3, -0.25) is 0 Å². The zero-order chi connectivity index (χ0) is 17.0. The van der Waals surface area contributed by atoms with Gasteiger partial charge in [0, 0.05) is 27.6 Å². The van der Waals surface area contributed by atoms with Crippen LogP contribution in [0.3, 0.4) is 0 Å².